The highest BCUT2D eigenvalue weighted by atomic mass is 32.2. The molecule has 3 nitrogen and oxygen atoms in total. The summed E-state index contributed by atoms with van der Waals surface area (Å²) in [6.45, 7) is 7.19. The van der Waals surface area contributed by atoms with Gasteiger partial charge >= 0.3 is 6.03 Å². The van der Waals surface area contributed by atoms with Crippen LogP contribution in [-0.2, 0) is 5.41 Å². The lowest BCUT2D eigenvalue weighted by Gasteiger charge is -2.25. The number of carbonyl (C=O) groups is 1. The lowest BCUT2D eigenvalue weighted by atomic mass is 9.87. The summed E-state index contributed by atoms with van der Waals surface area (Å²) in [6.07, 6.45) is 0. The number of carbonyl (C=O) groups excluding carboxylic acids is 1. The van der Waals surface area contributed by atoms with Gasteiger partial charge in [0.2, 0.25) is 0 Å². The predicted molar refractivity (Wildman–Crippen MR) is 102 cm³/mol. The second-order valence-corrected chi connectivity index (χ2v) is 8.39. The van der Waals surface area contributed by atoms with Crippen molar-refractivity contribution in [2.45, 2.75) is 31.6 Å². The van der Waals surface area contributed by atoms with Gasteiger partial charge in [0.25, 0.3) is 0 Å². The Balaban J connectivity index is 1.76. The number of urea groups is 1. The zero-order valence-corrected chi connectivity index (χ0v) is 15.6. The fourth-order valence-corrected chi connectivity index (χ4v) is 4.11. The molecule has 1 unspecified atom stereocenters. The third-order valence-electron chi connectivity index (χ3n) is 4.33. The minimum absolute atomic E-state index is 0.0409. The molecule has 0 aliphatic carbocycles. The third kappa shape index (κ3) is 3.98. The molecule has 0 saturated carbocycles. The van der Waals surface area contributed by atoms with Crippen LogP contribution >= 0.6 is 11.8 Å². The van der Waals surface area contributed by atoms with E-state index < -0.39 is 5.82 Å². The molecule has 1 aliphatic rings. The smallest absolute Gasteiger partial charge is 0.308 e. The van der Waals surface area contributed by atoms with Crippen LogP contribution in [0.1, 0.15) is 37.3 Å². The van der Waals surface area contributed by atoms with Crippen LogP contribution in [0.5, 0.6) is 0 Å². The molecule has 1 N–H and O–H groups in total. The maximum Gasteiger partial charge on any atom is 0.323 e. The van der Waals surface area contributed by atoms with Crippen molar-refractivity contribution < 1.29 is 9.18 Å². The van der Waals surface area contributed by atoms with Gasteiger partial charge in [0.1, 0.15) is 11.2 Å². The van der Waals surface area contributed by atoms with Gasteiger partial charge in [-0.15, -0.1) is 11.8 Å². The standard InChI is InChI=1S/C20H23FN2OS/c1-20(2,3)15-10-8-14(9-11-15)18-23(12-13-25-18)19(24)22-17-7-5-4-6-16(17)21/h4-11,18H,12-13H2,1-3H3,(H,22,24). The summed E-state index contributed by atoms with van der Waals surface area (Å²) in [5.41, 5.74) is 2.68. The van der Waals surface area contributed by atoms with Gasteiger partial charge in [0.15, 0.2) is 0 Å². The molecule has 0 bridgehead atoms. The van der Waals surface area contributed by atoms with Crippen LogP contribution in [-0.4, -0.2) is 23.2 Å². The first-order valence-corrected chi connectivity index (χ1v) is 9.45. The van der Waals surface area contributed by atoms with Crippen molar-refractivity contribution in [3.8, 4) is 0 Å². The summed E-state index contributed by atoms with van der Waals surface area (Å²) in [5, 5.41) is 2.65. The summed E-state index contributed by atoms with van der Waals surface area (Å²) < 4.78 is 13.8. The molecule has 0 aromatic heterocycles. The van der Waals surface area contributed by atoms with Crippen LogP contribution in [0.15, 0.2) is 48.5 Å². The van der Waals surface area contributed by atoms with Gasteiger partial charge in [-0.1, -0.05) is 57.2 Å². The van der Waals surface area contributed by atoms with Crippen LogP contribution in [0.4, 0.5) is 14.9 Å². The zero-order chi connectivity index (χ0) is 18.0. The molecular weight excluding hydrogens is 335 g/mol. The van der Waals surface area contributed by atoms with E-state index in [2.05, 4.69) is 50.4 Å². The number of hydrogen-bond donors (Lipinski definition) is 1. The van der Waals surface area contributed by atoms with Crippen LogP contribution in [0.25, 0.3) is 0 Å². The lowest BCUT2D eigenvalue weighted by molar-refractivity contribution is 0.214. The van der Waals surface area contributed by atoms with Crippen LogP contribution in [0.2, 0.25) is 0 Å². The molecule has 2 amide bonds. The van der Waals surface area contributed by atoms with E-state index in [1.54, 1.807) is 34.9 Å². The topological polar surface area (TPSA) is 32.3 Å². The molecule has 5 heteroatoms. The summed E-state index contributed by atoms with van der Waals surface area (Å²) >= 11 is 1.73. The Morgan fingerprint density at radius 1 is 1.16 bits per heavy atom. The SMILES string of the molecule is CC(C)(C)c1ccc(C2SCCN2C(=O)Nc2ccccc2F)cc1. The molecule has 2 aromatic carbocycles. The van der Waals surface area contributed by atoms with Crippen molar-refractivity contribution >= 4 is 23.5 Å². The highest BCUT2D eigenvalue weighted by Gasteiger charge is 2.31. The molecule has 25 heavy (non-hydrogen) atoms. The summed E-state index contributed by atoms with van der Waals surface area (Å²) in [6, 6.07) is 14.4. The van der Waals surface area contributed by atoms with E-state index in [0.717, 1.165) is 11.3 Å². The van der Waals surface area contributed by atoms with Crippen molar-refractivity contribution in [2.24, 2.45) is 0 Å². The highest BCUT2D eigenvalue weighted by molar-refractivity contribution is 7.99. The summed E-state index contributed by atoms with van der Waals surface area (Å²) in [4.78, 5) is 14.4. The molecule has 132 valence electrons. The van der Waals surface area contributed by atoms with E-state index in [0.29, 0.717) is 6.54 Å². The van der Waals surface area contributed by atoms with Crippen molar-refractivity contribution in [2.75, 3.05) is 17.6 Å². The number of amides is 2. The molecule has 1 aliphatic heterocycles. The normalized spacial score (nSPS) is 17.6. The summed E-state index contributed by atoms with van der Waals surface area (Å²) in [7, 11) is 0. The average molecular weight is 358 g/mol. The molecule has 1 heterocycles. The molecule has 0 radical (unpaired) electrons. The predicted octanol–water partition coefficient (Wildman–Crippen LogP) is 5.40. The number of thioether (sulfide) groups is 1. The number of nitrogens with one attached hydrogen (secondary N) is 1. The molecule has 1 atom stereocenters. The van der Waals surface area contributed by atoms with Gasteiger partial charge in [-0.2, -0.15) is 0 Å². The number of halogens is 1. The molecule has 2 aromatic rings. The Morgan fingerprint density at radius 2 is 1.84 bits per heavy atom. The maximum atomic E-state index is 13.8. The van der Waals surface area contributed by atoms with Crippen LogP contribution < -0.4 is 5.32 Å². The first-order chi connectivity index (χ1) is 11.9. The molecule has 0 spiro atoms. The quantitative estimate of drug-likeness (QED) is 0.779. The van der Waals surface area contributed by atoms with E-state index in [1.807, 2.05) is 0 Å². The fraction of sp³-hybridized carbons (Fsp3) is 0.350. The lowest BCUT2D eigenvalue weighted by Crippen LogP contribution is -2.34. The van der Waals surface area contributed by atoms with Crippen LogP contribution in [0, 0.1) is 5.82 Å². The number of benzene rings is 2. The number of para-hydroxylation sites is 1. The minimum atomic E-state index is -0.422. The second-order valence-electron chi connectivity index (χ2n) is 7.20. The van der Waals surface area contributed by atoms with Crippen molar-refractivity contribution in [3.63, 3.8) is 0 Å². The zero-order valence-electron chi connectivity index (χ0n) is 14.8. The van der Waals surface area contributed by atoms with Gasteiger partial charge in [-0.05, 0) is 28.7 Å². The Kier molecular flexibility index (Phi) is 5.04. The second kappa shape index (κ2) is 7.08. The van der Waals surface area contributed by atoms with Crippen molar-refractivity contribution in [3.05, 3.63) is 65.5 Å². The van der Waals surface area contributed by atoms with Crippen molar-refractivity contribution in [1.29, 1.82) is 0 Å². The van der Waals surface area contributed by atoms with Gasteiger partial charge in [0, 0.05) is 12.3 Å². The minimum Gasteiger partial charge on any atom is -0.308 e. The van der Waals surface area contributed by atoms with E-state index in [9.17, 15) is 9.18 Å². The van der Waals surface area contributed by atoms with E-state index >= 15 is 0 Å². The molecule has 3 rings (SSSR count). The third-order valence-corrected chi connectivity index (χ3v) is 5.59. The van der Waals surface area contributed by atoms with Gasteiger partial charge in [-0.3, -0.25) is 0 Å². The largest absolute Gasteiger partial charge is 0.323 e. The maximum absolute atomic E-state index is 13.8. The Hall–Kier alpha value is -2.01. The first-order valence-electron chi connectivity index (χ1n) is 8.40. The van der Waals surface area contributed by atoms with Crippen molar-refractivity contribution in [1.82, 2.24) is 4.90 Å². The number of rotatable bonds is 2. The monoisotopic (exact) mass is 358 g/mol. The molecule has 1 saturated heterocycles. The Bertz CT molecular complexity index is 755. The van der Waals surface area contributed by atoms with E-state index in [-0.39, 0.29) is 22.5 Å². The highest BCUT2D eigenvalue weighted by Crippen LogP contribution is 2.39. The number of anilines is 1. The fourth-order valence-electron chi connectivity index (χ4n) is 2.85. The molecular formula is C20H23FN2OS. The van der Waals surface area contributed by atoms with E-state index in [1.165, 1.54) is 11.6 Å². The average Bonchev–Trinajstić information content (AvgIpc) is 3.06. The van der Waals surface area contributed by atoms with Gasteiger partial charge < -0.3 is 10.2 Å². The first kappa shape index (κ1) is 17.8. The number of nitrogens with zero attached hydrogens (tertiary/aromatic N) is 1. The molecule has 1 fully saturated rings. The Morgan fingerprint density at radius 3 is 2.48 bits per heavy atom. The van der Waals surface area contributed by atoms with E-state index in [4.69, 9.17) is 0 Å². The Labute approximate surface area is 152 Å². The summed E-state index contributed by atoms with van der Waals surface area (Å²) in [5.74, 6) is 0.449. The van der Waals surface area contributed by atoms with Gasteiger partial charge in [-0.25, -0.2) is 9.18 Å². The van der Waals surface area contributed by atoms with Crippen LogP contribution in [0.3, 0.4) is 0 Å². The van der Waals surface area contributed by atoms with Gasteiger partial charge in [0.05, 0.1) is 5.69 Å². The number of hydrogen-bond acceptors (Lipinski definition) is 2.